The number of hydrogen-bond acceptors (Lipinski definition) is 1. The molecule has 2 rings (SSSR count). The quantitative estimate of drug-likeness (QED) is 0.664. The van der Waals surface area contributed by atoms with Gasteiger partial charge < -0.3 is 0 Å². The van der Waals surface area contributed by atoms with Crippen molar-refractivity contribution in [1.82, 2.24) is 0 Å². The summed E-state index contributed by atoms with van der Waals surface area (Å²) in [5.74, 6) is 3.47. The van der Waals surface area contributed by atoms with Crippen molar-refractivity contribution >= 4 is 5.78 Å². The van der Waals surface area contributed by atoms with Gasteiger partial charge in [0.25, 0.3) is 0 Å². The molecular formula is C18H32O. The van der Waals surface area contributed by atoms with Crippen LogP contribution in [-0.4, -0.2) is 5.78 Å². The molecule has 19 heavy (non-hydrogen) atoms. The summed E-state index contributed by atoms with van der Waals surface area (Å²) in [5, 5.41) is 0. The predicted molar refractivity (Wildman–Crippen MR) is 81.0 cm³/mol. The van der Waals surface area contributed by atoms with E-state index >= 15 is 0 Å². The molecule has 0 bridgehead atoms. The lowest BCUT2D eigenvalue weighted by Crippen LogP contribution is -2.37. The third-order valence-corrected chi connectivity index (χ3v) is 5.94. The Kier molecular flexibility index (Phi) is 4.74. The van der Waals surface area contributed by atoms with Gasteiger partial charge in [0.1, 0.15) is 5.78 Å². The highest BCUT2D eigenvalue weighted by Crippen LogP contribution is 2.55. The van der Waals surface area contributed by atoms with Gasteiger partial charge in [-0.25, -0.2) is 0 Å². The maximum absolute atomic E-state index is 12.1. The fourth-order valence-electron chi connectivity index (χ4n) is 4.92. The van der Waals surface area contributed by atoms with E-state index in [-0.39, 0.29) is 0 Å². The minimum absolute atomic E-state index is 0.354. The summed E-state index contributed by atoms with van der Waals surface area (Å²) in [6.07, 6.45) is 9.85. The van der Waals surface area contributed by atoms with Crippen molar-refractivity contribution in [2.24, 2.45) is 29.1 Å². The van der Waals surface area contributed by atoms with E-state index in [0.29, 0.717) is 17.1 Å². The Bertz CT molecular complexity index is 320. The molecular weight excluding hydrogens is 232 g/mol. The molecule has 0 amide bonds. The van der Waals surface area contributed by atoms with Gasteiger partial charge >= 0.3 is 0 Å². The van der Waals surface area contributed by atoms with Gasteiger partial charge in [-0.2, -0.15) is 0 Å². The third kappa shape index (κ3) is 3.23. The molecule has 0 aliphatic heterocycles. The molecule has 2 aliphatic carbocycles. The summed E-state index contributed by atoms with van der Waals surface area (Å²) in [6.45, 7) is 9.47. The topological polar surface area (TPSA) is 17.1 Å². The first kappa shape index (κ1) is 15.1. The van der Waals surface area contributed by atoms with E-state index in [1.165, 1.54) is 38.5 Å². The van der Waals surface area contributed by atoms with E-state index in [9.17, 15) is 4.79 Å². The van der Waals surface area contributed by atoms with Gasteiger partial charge in [-0.1, -0.05) is 34.1 Å². The summed E-state index contributed by atoms with van der Waals surface area (Å²) >= 11 is 0. The number of rotatable bonds is 5. The van der Waals surface area contributed by atoms with Gasteiger partial charge in [0, 0.05) is 12.3 Å². The molecule has 2 unspecified atom stereocenters. The van der Waals surface area contributed by atoms with Crippen LogP contribution in [-0.2, 0) is 4.79 Å². The molecule has 2 saturated carbocycles. The van der Waals surface area contributed by atoms with Crippen molar-refractivity contribution in [1.29, 1.82) is 0 Å². The molecule has 4 atom stereocenters. The van der Waals surface area contributed by atoms with Crippen molar-refractivity contribution in [3.05, 3.63) is 0 Å². The molecule has 0 N–H and O–H groups in total. The highest BCUT2D eigenvalue weighted by Gasteiger charge is 2.50. The lowest BCUT2D eigenvalue weighted by atomic mass is 9.64. The Balaban J connectivity index is 1.89. The monoisotopic (exact) mass is 264 g/mol. The van der Waals surface area contributed by atoms with Gasteiger partial charge in [-0.3, -0.25) is 4.79 Å². The van der Waals surface area contributed by atoms with Crippen LogP contribution in [0.2, 0.25) is 0 Å². The van der Waals surface area contributed by atoms with Crippen LogP contribution in [0.5, 0.6) is 0 Å². The van der Waals surface area contributed by atoms with Crippen molar-refractivity contribution < 1.29 is 4.79 Å². The first-order valence-corrected chi connectivity index (χ1v) is 8.46. The molecule has 0 spiro atoms. The van der Waals surface area contributed by atoms with E-state index in [2.05, 4.69) is 27.7 Å². The zero-order valence-electron chi connectivity index (χ0n) is 13.4. The average Bonchev–Trinajstić information content (AvgIpc) is 2.64. The normalized spacial score (nSPS) is 36.6. The Labute approximate surface area is 119 Å². The Morgan fingerprint density at radius 3 is 2.68 bits per heavy atom. The maximum Gasteiger partial charge on any atom is 0.136 e. The molecule has 1 nitrogen and oxygen atoms in total. The van der Waals surface area contributed by atoms with Crippen LogP contribution < -0.4 is 0 Å². The van der Waals surface area contributed by atoms with Crippen LogP contribution in [0.3, 0.4) is 0 Å². The standard InChI is InChI=1S/C18H32O/c1-13(2)12-14(3)7-8-15-9-10-16-17(19)6-5-11-18(15,16)4/h13-16H,5-12H2,1-4H3/t14-,15?,16?,18+/m0/s1. The van der Waals surface area contributed by atoms with Gasteiger partial charge in [0.05, 0.1) is 0 Å². The van der Waals surface area contributed by atoms with E-state index in [1.807, 2.05) is 0 Å². The van der Waals surface area contributed by atoms with E-state index in [1.54, 1.807) is 0 Å². The Morgan fingerprint density at radius 1 is 1.26 bits per heavy atom. The highest BCUT2D eigenvalue weighted by molar-refractivity contribution is 5.83. The minimum Gasteiger partial charge on any atom is -0.299 e. The summed E-state index contributed by atoms with van der Waals surface area (Å²) in [4.78, 5) is 12.1. The van der Waals surface area contributed by atoms with Crippen LogP contribution in [0, 0.1) is 29.1 Å². The van der Waals surface area contributed by atoms with E-state index in [0.717, 1.165) is 30.6 Å². The highest BCUT2D eigenvalue weighted by atomic mass is 16.1. The summed E-state index contributed by atoms with van der Waals surface area (Å²) in [5.41, 5.74) is 0.354. The SMILES string of the molecule is CC(C)C[C@@H](C)CCC1CCC2C(=O)CCC[C@]12C. The largest absolute Gasteiger partial charge is 0.299 e. The Hall–Kier alpha value is -0.330. The van der Waals surface area contributed by atoms with Crippen molar-refractivity contribution in [2.45, 2.75) is 79.1 Å². The zero-order chi connectivity index (χ0) is 14.0. The summed E-state index contributed by atoms with van der Waals surface area (Å²) in [7, 11) is 0. The second-order valence-corrected chi connectivity index (χ2v) is 7.96. The second kappa shape index (κ2) is 5.97. The average molecular weight is 264 g/mol. The van der Waals surface area contributed by atoms with Crippen LogP contribution in [0.4, 0.5) is 0 Å². The number of hydrogen-bond donors (Lipinski definition) is 0. The lowest BCUT2D eigenvalue weighted by Gasteiger charge is -2.40. The lowest BCUT2D eigenvalue weighted by molar-refractivity contribution is -0.129. The van der Waals surface area contributed by atoms with Crippen LogP contribution in [0.1, 0.15) is 79.1 Å². The smallest absolute Gasteiger partial charge is 0.136 e. The van der Waals surface area contributed by atoms with Gasteiger partial charge in [0.15, 0.2) is 0 Å². The number of ketones is 1. The van der Waals surface area contributed by atoms with Crippen molar-refractivity contribution in [3.8, 4) is 0 Å². The fraction of sp³-hybridized carbons (Fsp3) is 0.944. The molecule has 110 valence electrons. The van der Waals surface area contributed by atoms with Crippen LogP contribution >= 0.6 is 0 Å². The van der Waals surface area contributed by atoms with Gasteiger partial charge in [-0.05, 0) is 61.7 Å². The number of Topliss-reactive ketones (excluding diaryl/α,β-unsaturated/α-hetero) is 1. The number of carbonyl (C=O) groups excluding carboxylic acids is 1. The molecule has 0 saturated heterocycles. The van der Waals surface area contributed by atoms with Crippen LogP contribution in [0.15, 0.2) is 0 Å². The Morgan fingerprint density at radius 2 is 2.00 bits per heavy atom. The molecule has 1 heteroatoms. The third-order valence-electron chi connectivity index (χ3n) is 5.94. The minimum atomic E-state index is 0.354. The molecule has 2 aliphatic rings. The number of fused-ring (bicyclic) bond motifs is 1. The molecule has 0 heterocycles. The van der Waals surface area contributed by atoms with Crippen molar-refractivity contribution in [2.75, 3.05) is 0 Å². The van der Waals surface area contributed by atoms with E-state index in [4.69, 9.17) is 0 Å². The number of carbonyl (C=O) groups is 1. The van der Waals surface area contributed by atoms with Crippen molar-refractivity contribution in [3.63, 3.8) is 0 Å². The molecule has 2 fully saturated rings. The summed E-state index contributed by atoms with van der Waals surface area (Å²) in [6, 6.07) is 0. The van der Waals surface area contributed by atoms with Gasteiger partial charge in [-0.15, -0.1) is 0 Å². The van der Waals surface area contributed by atoms with E-state index < -0.39 is 0 Å². The fourth-order valence-corrected chi connectivity index (χ4v) is 4.92. The first-order valence-electron chi connectivity index (χ1n) is 8.46. The summed E-state index contributed by atoms with van der Waals surface area (Å²) < 4.78 is 0. The maximum atomic E-state index is 12.1. The molecule has 0 aromatic rings. The zero-order valence-corrected chi connectivity index (χ0v) is 13.4. The first-order chi connectivity index (χ1) is 8.93. The van der Waals surface area contributed by atoms with Gasteiger partial charge in [0.2, 0.25) is 0 Å². The molecule has 0 aromatic carbocycles. The molecule has 0 radical (unpaired) electrons. The molecule has 0 aromatic heterocycles. The second-order valence-electron chi connectivity index (χ2n) is 7.96. The predicted octanol–water partition coefficient (Wildman–Crippen LogP) is 5.23. The van der Waals surface area contributed by atoms with Crippen LogP contribution in [0.25, 0.3) is 0 Å².